The van der Waals surface area contributed by atoms with Gasteiger partial charge in [-0.05, 0) is 12.1 Å². The first-order valence-electron chi connectivity index (χ1n) is 4.14. The summed E-state index contributed by atoms with van der Waals surface area (Å²) in [6.07, 6.45) is 0. The average Bonchev–Trinajstić information content (AvgIpc) is 2.09. The van der Waals surface area contributed by atoms with Gasteiger partial charge in [-0.3, -0.25) is 4.72 Å². The summed E-state index contributed by atoms with van der Waals surface area (Å²) in [5.41, 5.74) is 5.28. The number of halogens is 3. The van der Waals surface area contributed by atoms with Crippen LogP contribution in [0, 0.1) is 0 Å². The zero-order chi connectivity index (χ0) is 13.2. The van der Waals surface area contributed by atoms with E-state index in [4.69, 9.17) is 28.9 Å². The van der Waals surface area contributed by atoms with Crippen molar-refractivity contribution in [1.29, 1.82) is 0 Å². The molecule has 0 fully saturated rings. The molecule has 0 radical (unpaired) electrons. The SMILES string of the molecule is NC(=S)CS(=O)(=O)Nc1c(Cl)cc(Br)cc1Cl. The molecule has 0 aliphatic rings. The molecule has 17 heavy (non-hydrogen) atoms. The number of anilines is 1. The number of thiocarbonyl (C=S) groups is 1. The predicted octanol–water partition coefficient (Wildman–Crippen LogP) is 2.78. The molecule has 3 N–H and O–H groups in total. The van der Waals surface area contributed by atoms with Gasteiger partial charge in [0.2, 0.25) is 10.0 Å². The summed E-state index contributed by atoms with van der Waals surface area (Å²) < 4.78 is 26.1. The van der Waals surface area contributed by atoms with E-state index < -0.39 is 15.8 Å². The molecule has 9 heteroatoms. The predicted molar refractivity (Wildman–Crippen MR) is 78.4 cm³/mol. The van der Waals surface area contributed by atoms with Crippen LogP contribution in [0.2, 0.25) is 10.0 Å². The molecular formula is C8H7BrCl2N2O2S2. The van der Waals surface area contributed by atoms with Crippen molar-refractivity contribution in [3.05, 3.63) is 26.7 Å². The van der Waals surface area contributed by atoms with Crippen molar-refractivity contribution >= 4 is 72.0 Å². The van der Waals surface area contributed by atoms with E-state index >= 15 is 0 Å². The molecule has 0 saturated carbocycles. The Morgan fingerprint density at radius 3 is 2.29 bits per heavy atom. The third-order valence-electron chi connectivity index (χ3n) is 1.60. The molecule has 0 heterocycles. The van der Waals surface area contributed by atoms with Gasteiger partial charge in [0.05, 0.1) is 20.7 Å². The molecule has 4 nitrogen and oxygen atoms in total. The molecular weight excluding hydrogens is 371 g/mol. The van der Waals surface area contributed by atoms with Crippen LogP contribution < -0.4 is 10.5 Å². The number of benzene rings is 1. The zero-order valence-electron chi connectivity index (χ0n) is 8.21. The highest BCUT2D eigenvalue weighted by Crippen LogP contribution is 2.34. The standard InChI is InChI=1S/C8H7BrCl2N2O2S2/c9-4-1-5(10)8(6(11)2-4)13-17(14,15)3-7(12)16/h1-2,13H,3H2,(H2,12,16). The topological polar surface area (TPSA) is 72.2 Å². The fourth-order valence-corrected chi connectivity index (χ4v) is 3.88. The van der Waals surface area contributed by atoms with Crippen LogP contribution >= 0.6 is 51.3 Å². The van der Waals surface area contributed by atoms with Gasteiger partial charge in [-0.1, -0.05) is 51.3 Å². The molecule has 1 rings (SSSR count). The third-order valence-corrected chi connectivity index (χ3v) is 4.18. The van der Waals surface area contributed by atoms with Crippen molar-refractivity contribution in [3.63, 3.8) is 0 Å². The summed E-state index contributed by atoms with van der Waals surface area (Å²) in [6.45, 7) is 0. The Balaban J connectivity index is 3.08. The number of hydrogen-bond donors (Lipinski definition) is 2. The van der Waals surface area contributed by atoms with Gasteiger partial charge in [0.25, 0.3) is 0 Å². The molecule has 94 valence electrons. The molecule has 0 amide bonds. The van der Waals surface area contributed by atoms with E-state index in [1.807, 2.05) is 0 Å². The molecule has 0 spiro atoms. The van der Waals surface area contributed by atoms with E-state index in [2.05, 4.69) is 32.9 Å². The second kappa shape index (κ2) is 5.71. The van der Waals surface area contributed by atoms with Gasteiger partial charge in [-0.25, -0.2) is 8.42 Å². The summed E-state index contributed by atoms with van der Waals surface area (Å²) in [5, 5.41) is 0.353. The lowest BCUT2D eigenvalue weighted by Gasteiger charge is -2.11. The fraction of sp³-hybridized carbons (Fsp3) is 0.125. The maximum Gasteiger partial charge on any atom is 0.239 e. The van der Waals surface area contributed by atoms with Gasteiger partial charge in [-0.2, -0.15) is 0 Å². The highest BCUT2D eigenvalue weighted by atomic mass is 79.9. The Kier molecular flexibility index (Phi) is 5.03. The molecule has 0 saturated heterocycles. The molecule has 0 aromatic heterocycles. The quantitative estimate of drug-likeness (QED) is 0.791. The Labute approximate surface area is 123 Å². The maximum absolute atomic E-state index is 11.6. The lowest BCUT2D eigenvalue weighted by Crippen LogP contribution is -2.26. The Hall–Kier alpha value is -0.0800. The van der Waals surface area contributed by atoms with Crippen molar-refractivity contribution in [2.45, 2.75) is 0 Å². The molecule has 0 unspecified atom stereocenters. The number of sulfonamides is 1. The van der Waals surface area contributed by atoms with Gasteiger partial charge in [0.1, 0.15) is 5.75 Å². The second-order valence-electron chi connectivity index (χ2n) is 3.07. The second-order valence-corrected chi connectivity index (χ2v) is 7.05. The van der Waals surface area contributed by atoms with Crippen LogP contribution in [0.4, 0.5) is 5.69 Å². The first kappa shape index (κ1) is 15.0. The lowest BCUT2D eigenvalue weighted by molar-refractivity contribution is 0.605. The smallest absolute Gasteiger partial charge is 0.239 e. The van der Waals surface area contributed by atoms with E-state index in [0.717, 1.165) is 0 Å². The van der Waals surface area contributed by atoms with Crippen molar-refractivity contribution in [2.75, 3.05) is 10.5 Å². The Bertz CT molecular complexity index is 540. The summed E-state index contributed by atoms with van der Waals surface area (Å²) in [5.74, 6) is -0.467. The minimum atomic E-state index is -3.69. The van der Waals surface area contributed by atoms with Crippen molar-refractivity contribution in [2.24, 2.45) is 5.73 Å². The van der Waals surface area contributed by atoms with Gasteiger partial charge in [0, 0.05) is 4.47 Å². The Morgan fingerprint density at radius 2 is 1.88 bits per heavy atom. The molecule has 1 aromatic rings. The van der Waals surface area contributed by atoms with E-state index in [0.29, 0.717) is 4.47 Å². The lowest BCUT2D eigenvalue weighted by atomic mass is 10.3. The van der Waals surface area contributed by atoms with Crippen LogP contribution in [-0.2, 0) is 10.0 Å². The monoisotopic (exact) mass is 376 g/mol. The van der Waals surface area contributed by atoms with Crippen molar-refractivity contribution in [3.8, 4) is 0 Å². The largest absolute Gasteiger partial charge is 0.392 e. The number of nitrogens with one attached hydrogen (secondary N) is 1. The third kappa shape index (κ3) is 4.59. The summed E-state index contributed by atoms with van der Waals surface area (Å²) in [7, 11) is -3.69. The molecule has 1 aromatic carbocycles. The van der Waals surface area contributed by atoms with Crippen molar-refractivity contribution < 1.29 is 8.42 Å². The Morgan fingerprint density at radius 1 is 1.41 bits per heavy atom. The average molecular weight is 378 g/mol. The van der Waals surface area contributed by atoms with Crippen LogP contribution in [0.1, 0.15) is 0 Å². The summed E-state index contributed by atoms with van der Waals surface area (Å²) >= 11 is 19.5. The van der Waals surface area contributed by atoms with Crippen LogP contribution in [-0.4, -0.2) is 19.2 Å². The van der Waals surface area contributed by atoms with Gasteiger partial charge in [0.15, 0.2) is 0 Å². The highest BCUT2D eigenvalue weighted by molar-refractivity contribution is 9.10. The molecule has 0 bridgehead atoms. The summed E-state index contributed by atoms with van der Waals surface area (Å²) in [6, 6.07) is 3.04. The van der Waals surface area contributed by atoms with Crippen LogP contribution in [0.3, 0.4) is 0 Å². The number of rotatable bonds is 4. The van der Waals surface area contributed by atoms with Gasteiger partial charge >= 0.3 is 0 Å². The van der Waals surface area contributed by atoms with Crippen LogP contribution in [0.15, 0.2) is 16.6 Å². The fourth-order valence-electron chi connectivity index (χ4n) is 1.02. The maximum atomic E-state index is 11.6. The number of nitrogens with two attached hydrogens (primary N) is 1. The summed E-state index contributed by atoms with van der Waals surface area (Å²) in [4.78, 5) is -0.137. The van der Waals surface area contributed by atoms with Crippen LogP contribution in [0.25, 0.3) is 0 Å². The highest BCUT2D eigenvalue weighted by Gasteiger charge is 2.16. The molecule has 0 aliphatic heterocycles. The minimum Gasteiger partial charge on any atom is -0.392 e. The zero-order valence-corrected chi connectivity index (χ0v) is 12.9. The first-order valence-corrected chi connectivity index (χ1v) is 7.75. The van der Waals surface area contributed by atoms with E-state index in [-0.39, 0.29) is 20.7 Å². The van der Waals surface area contributed by atoms with E-state index in [9.17, 15) is 8.42 Å². The van der Waals surface area contributed by atoms with Crippen LogP contribution in [0.5, 0.6) is 0 Å². The normalized spacial score (nSPS) is 11.2. The molecule has 0 aliphatic carbocycles. The minimum absolute atomic E-state index is 0.104. The first-order chi connectivity index (χ1) is 7.71. The van der Waals surface area contributed by atoms with Crippen molar-refractivity contribution in [1.82, 2.24) is 0 Å². The number of hydrogen-bond acceptors (Lipinski definition) is 3. The van der Waals surface area contributed by atoms with Gasteiger partial charge < -0.3 is 5.73 Å². The molecule has 0 atom stereocenters. The van der Waals surface area contributed by atoms with E-state index in [1.165, 1.54) is 12.1 Å². The van der Waals surface area contributed by atoms with E-state index in [1.54, 1.807) is 0 Å². The van der Waals surface area contributed by atoms with Gasteiger partial charge in [-0.15, -0.1) is 0 Å².